The molecule has 1 aliphatic rings. The van der Waals surface area contributed by atoms with E-state index >= 15 is 0 Å². The first kappa shape index (κ1) is 11.5. The lowest BCUT2D eigenvalue weighted by molar-refractivity contribution is 0.108. The molecular weight excluding hydrogens is 206 g/mol. The third-order valence-electron chi connectivity index (χ3n) is 3.29. The van der Waals surface area contributed by atoms with E-state index in [2.05, 4.69) is 20.3 Å². The van der Waals surface area contributed by atoms with Gasteiger partial charge in [0.25, 0.3) is 0 Å². The number of hydrogen-bond acceptors (Lipinski definition) is 5. The molecule has 90 valence electrons. The summed E-state index contributed by atoms with van der Waals surface area (Å²) in [6.45, 7) is 3.60. The molecule has 1 aliphatic carbocycles. The number of nitrogens with zero attached hydrogens (tertiary/aromatic N) is 2. The first-order valence-electron chi connectivity index (χ1n) is 5.92. The molecule has 0 unspecified atom stereocenters. The van der Waals surface area contributed by atoms with Crippen LogP contribution in [0.4, 0.5) is 0 Å². The fourth-order valence-electron chi connectivity index (χ4n) is 2.15. The molecule has 0 atom stereocenters. The molecule has 0 spiro atoms. The largest absolute Gasteiger partial charge is 0.393 e. The van der Waals surface area contributed by atoms with Gasteiger partial charge in [-0.2, -0.15) is 0 Å². The Bertz CT molecular complexity index is 319. The highest BCUT2D eigenvalue weighted by molar-refractivity contribution is 5.03. The average Bonchev–Trinajstić information content (AvgIpc) is 2.68. The summed E-state index contributed by atoms with van der Waals surface area (Å²) >= 11 is 0. The Labute approximate surface area is 95.2 Å². The molecule has 0 bridgehead atoms. The van der Waals surface area contributed by atoms with Gasteiger partial charge < -0.3 is 10.4 Å². The summed E-state index contributed by atoms with van der Waals surface area (Å²) in [7, 11) is 0. The molecule has 1 aromatic heterocycles. The number of hydrogen-bond donors (Lipinski definition) is 2. The van der Waals surface area contributed by atoms with E-state index in [0.717, 1.165) is 43.6 Å². The maximum atomic E-state index is 9.39. The van der Waals surface area contributed by atoms with Gasteiger partial charge in [-0.1, -0.05) is 10.3 Å². The molecule has 0 saturated heterocycles. The van der Waals surface area contributed by atoms with Crippen LogP contribution in [-0.2, 0) is 6.54 Å². The van der Waals surface area contributed by atoms with E-state index in [4.69, 9.17) is 0 Å². The van der Waals surface area contributed by atoms with Gasteiger partial charge in [0.05, 0.1) is 6.10 Å². The molecule has 0 radical (unpaired) electrons. The number of rotatable bonds is 4. The van der Waals surface area contributed by atoms with Crippen LogP contribution in [0.25, 0.3) is 0 Å². The number of aryl methyl sites for hydroxylation is 1. The Hall–Kier alpha value is -0.940. The molecule has 2 rings (SSSR count). The van der Waals surface area contributed by atoms with Gasteiger partial charge >= 0.3 is 0 Å². The maximum Gasteiger partial charge on any atom is 0.121 e. The van der Waals surface area contributed by atoms with Crippen molar-refractivity contribution in [1.82, 2.24) is 15.6 Å². The van der Waals surface area contributed by atoms with Crippen molar-refractivity contribution >= 4 is 0 Å². The predicted octanol–water partition coefficient (Wildman–Crippen LogP) is 1.02. The van der Waals surface area contributed by atoms with E-state index in [-0.39, 0.29) is 6.10 Å². The zero-order chi connectivity index (χ0) is 11.4. The summed E-state index contributed by atoms with van der Waals surface area (Å²) < 4.78 is 4.63. The fourth-order valence-corrected chi connectivity index (χ4v) is 2.15. The van der Waals surface area contributed by atoms with Gasteiger partial charge in [0.1, 0.15) is 11.4 Å². The summed E-state index contributed by atoms with van der Waals surface area (Å²) in [5.74, 6) is 0.684. The Balaban J connectivity index is 1.67. The van der Waals surface area contributed by atoms with Gasteiger partial charge in [-0.15, -0.1) is 0 Å². The smallest absolute Gasteiger partial charge is 0.121 e. The molecule has 0 amide bonds. The molecule has 1 saturated carbocycles. The van der Waals surface area contributed by atoms with Gasteiger partial charge in [0.2, 0.25) is 0 Å². The predicted molar refractivity (Wildman–Crippen MR) is 58.7 cm³/mol. The second-order valence-electron chi connectivity index (χ2n) is 4.60. The van der Waals surface area contributed by atoms with Crippen LogP contribution >= 0.6 is 0 Å². The quantitative estimate of drug-likeness (QED) is 0.800. The van der Waals surface area contributed by atoms with E-state index in [1.807, 2.05) is 6.92 Å². The number of nitrogens with one attached hydrogen (secondary N) is 1. The third kappa shape index (κ3) is 3.02. The molecule has 0 aliphatic heterocycles. The van der Waals surface area contributed by atoms with Crippen LogP contribution in [0.2, 0.25) is 0 Å². The molecular formula is C11H19N3O2. The molecule has 1 heterocycles. The minimum absolute atomic E-state index is 0.0711. The van der Waals surface area contributed by atoms with Crippen LogP contribution in [-0.4, -0.2) is 28.1 Å². The average molecular weight is 225 g/mol. The van der Waals surface area contributed by atoms with E-state index in [1.165, 1.54) is 0 Å². The van der Waals surface area contributed by atoms with Gasteiger partial charge in [-0.25, -0.2) is 4.63 Å². The first-order valence-corrected chi connectivity index (χ1v) is 5.92. The Morgan fingerprint density at radius 3 is 2.69 bits per heavy atom. The molecule has 5 heteroatoms. The van der Waals surface area contributed by atoms with Gasteiger partial charge in [-0.3, -0.25) is 0 Å². The zero-order valence-corrected chi connectivity index (χ0v) is 9.65. The summed E-state index contributed by atoms with van der Waals surface area (Å²) in [5.41, 5.74) is 1.74. The SMILES string of the molecule is Cc1nonc1CNCC1CCC(O)CC1. The van der Waals surface area contributed by atoms with Gasteiger partial charge in [-0.05, 0) is 45.1 Å². The van der Waals surface area contributed by atoms with Crippen molar-refractivity contribution in [3.63, 3.8) is 0 Å². The minimum Gasteiger partial charge on any atom is -0.393 e. The van der Waals surface area contributed by atoms with Crippen LogP contribution in [0.1, 0.15) is 37.1 Å². The van der Waals surface area contributed by atoms with E-state index in [9.17, 15) is 5.11 Å². The topological polar surface area (TPSA) is 71.2 Å². The highest BCUT2D eigenvalue weighted by Gasteiger charge is 2.18. The summed E-state index contributed by atoms with van der Waals surface area (Å²) in [6.07, 6.45) is 4.04. The standard InChI is InChI=1S/C11H19N3O2/c1-8-11(14-16-13-8)7-12-6-9-2-4-10(15)5-3-9/h9-10,12,15H,2-7H2,1H3. The number of aromatic nitrogens is 2. The second kappa shape index (κ2) is 5.41. The lowest BCUT2D eigenvalue weighted by Crippen LogP contribution is -2.27. The lowest BCUT2D eigenvalue weighted by atomic mass is 9.87. The van der Waals surface area contributed by atoms with Gasteiger partial charge in [0.15, 0.2) is 0 Å². The molecule has 1 aromatic rings. The van der Waals surface area contributed by atoms with Crippen LogP contribution in [0.15, 0.2) is 4.63 Å². The van der Waals surface area contributed by atoms with E-state index in [1.54, 1.807) is 0 Å². The van der Waals surface area contributed by atoms with Crippen molar-refractivity contribution in [2.75, 3.05) is 6.54 Å². The van der Waals surface area contributed by atoms with Gasteiger partial charge in [0, 0.05) is 6.54 Å². The Morgan fingerprint density at radius 2 is 2.06 bits per heavy atom. The highest BCUT2D eigenvalue weighted by atomic mass is 16.6. The van der Waals surface area contributed by atoms with E-state index in [0.29, 0.717) is 12.5 Å². The summed E-state index contributed by atoms with van der Waals surface area (Å²) in [5, 5.41) is 20.3. The Morgan fingerprint density at radius 1 is 1.31 bits per heavy atom. The van der Waals surface area contributed by atoms with Crippen LogP contribution in [0.5, 0.6) is 0 Å². The minimum atomic E-state index is -0.0711. The monoisotopic (exact) mass is 225 g/mol. The van der Waals surface area contributed by atoms with Crippen molar-refractivity contribution < 1.29 is 9.74 Å². The molecule has 5 nitrogen and oxygen atoms in total. The number of aliphatic hydroxyl groups is 1. The zero-order valence-electron chi connectivity index (χ0n) is 9.65. The van der Waals surface area contributed by atoms with Crippen LogP contribution < -0.4 is 5.32 Å². The highest BCUT2D eigenvalue weighted by Crippen LogP contribution is 2.23. The molecule has 0 aromatic carbocycles. The second-order valence-corrected chi connectivity index (χ2v) is 4.60. The van der Waals surface area contributed by atoms with Crippen molar-refractivity contribution in [2.24, 2.45) is 5.92 Å². The van der Waals surface area contributed by atoms with E-state index < -0.39 is 0 Å². The molecule has 1 fully saturated rings. The number of aliphatic hydroxyl groups excluding tert-OH is 1. The van der Waals surface area contributed by atoms with Crippen molar-refractivity contribution in [1.29, 1.82) is 0 Å². The van der Waals surface area contributed by atoms with Crippen LogP contribution in [0, 0.1) is 12.8 Å². The van der Waals surface area contributed by atoms with Crippen molar-refractivity contribution in [3.05, 3.63) is 11.4 Å². The lowest BCUT2D eigenvalue weighted by Gasteiger charge is -2.25. The first-order chi connectivity index (χ1) is 7.75. The summed E-state index contributed by atoms with van der Waals surface area (Å²) in [6, 6.07) is 0. The third-order valence-corrected chi connectivity index (χ3v) is 3.29. The van der Waals surface area contributed by atoms with Crippen LogP contribution in [0.3, 0.4) is 0 Å². The fraction of sp³-hybridized carbons (Fsp3) is 0.818. The summed E-state index contributed by atoms with van der Waals surface area (Å²) in [4.78, 5) is 0. The molecule has 16 heavy (non-hydrogen) atoms. The van der Waals surface area contributed by atoms with Crippen molar-refractivity contribution in [3.8, 4) is 0 Å². The molecule has 2 N–H and O–H groups in total. The maximum absolute atomic E-state index is 9.39. The van der Waals surface area contributed by atoms with Crippen molar-refractivity contribution in [2.45, 2.75) is 45.3 Å². The normalized spacial score (nSPS) is 25.9. The Kier molecular flexibility index (Phi) is 3.90.